The molecule has 172 valence electrons. The third-order valence-corrected chi connectivity index (χ3v) is 6.68. The summed E-state index contributed by atoms with van der Waals surface area (Å²) >= 11 is 0. The summed E-state index contributed by atoms with van der Waals surface area (Å²) in [5.74, 6) is -3.87. The largest absolute Gasteiger partial charge is 0.478 e. The number of hydrogen-bond donors (Lipinski definition) is 2. The highest BCUT2D eigenvalue weighted by Crippen LogP contribution is 2.46. The van der Waals surface area contributed by atoms with Crippen molar-refractivity contribution >= 4 is 11.7 Å². The quantitative estimate of drug-likeness (QED) is 0.636. The molecule has 2 atom stereocenters. The summed E-state index contributed by atoms with van der Waals surface area (Å²) in [6.07, 6.45) is 1.66. The zero-order chi connectivity index (χ0) is 23.0. The summed E-state index contributed by atoms with van der Waals surface area (Å²) in [5, 5.41) is 12.1. The van der Waals surface area contributed by atoms with E-state index in [-0.39, 0.29) is 29.8 Å². The van der Waals surface area contributed by atoms with E-state index in [4.69, 9.17) is 4.74 Å². The van der Waals surface area contributed by atoms with Crippen molar-refractivity contribution in [3.05, 3.63) is 63.7 Å². The molecule has 2 N–H and O–H groups in total. The molecule has 7 heteroatoms. The average molecular weight is 445 g/mol. The number of anilines is 1. The first-order chi connectivity index (χ1) is 15.2. The second kappa shape index (κ2) is 8.79. The van der Waals surface area contributed by atoms with Gasteiger partial charge in [0.25, 0.3) is 5.92 Å². The average Bonchev–Trinajstić information content (AvgIpc) is 3.07. The number of nitrogens with zero attached hydrogens (tertiary/aromatic N) is 1. The lowest BCUT2D eigenvalue weighted by Crippen LogP contribution is -2.40. The number of hydrogen-bond acceptors (Lipinski definition) is 4. The van der Waals surface area contributed by atoms with Gasteiger partial charge in [0.1, 0.15) is 0 Å². The van der Waals surface area contributed by atoms with Crippen molar-refractivity contribution in [3.63, 3.8) is 0 Å². The lowest BCUT2D eigenvalue weighted by Gasteiger charge is -2.40. The Morgan fingerprint density at radius 3 is 2.62 bits per heavy atom. The number of carboxylic acid groups (broad SMARTS) is 1. The van der Waals surface area contributed by atoms with Crippen LogP contribution in [0.5, 0.6) is 0 Å². The van der Waals surface area contributed by atoms with Crippen LogP contribution in [0.15, 0.2) is 30.3 Å². The summed E-state index contributed by atoms with van der Waals surface area (Å²) in [7, 11) is 0. The first-order valence-corrected chi connectivity index (χ1v) is 11.2. The summed E-state index contributed by atoms with van der Waals surface area (Å²) < 4.78 is 35.6. The second-order valence-corrected chi connectivity index (χ2v) is 8.81. The van der Waals surface area contributed by atoms with Gasteiger partial charge in [0.15, 0.2) is 0 Å². The van der Waals surface area contributed by atoms with Gasteiger partial charge in [-0.1, -0.05) is 18.2 Å². The normalized spacial score (nSPS) is 22.4. The van der Waals surface area contributed by atoms with E-state index in [1.807, 2.05) is 39.0 Å². The zero-order valence-corrected chi connectivity index (χ0v) is 18.8. The van der Waals surface area contributed by atoms with Crippen LogP contribution in [0, 0.1) is 13.8 Å². The molecule has 1 saturated heterocycles. The van der Waals surface area contributed by atoms with E-state index in [0.717, 1.165) is 36.1 Å². The maximum Gasteiger partial charge on any atom is 0.335 e. The fourth-order valence-electron chi connectivity index (χ4n) is 5.11. The molecule has 2 heterocycles. The van der Waals surface area contributed by atoms with Crippen molar-refractivity contribution in [2.24, 2.45) is 0 Å². The van der Waals surface area contributed by atoms with Gasteiger partial charge >= 0.3 is 5.97 Å². The molecule has 1 fully saturated rings. The van der Waals surface area contributed by atoms with Gasteiger partial charge in [-0.3, -0.25) is 4.90 Å². The van der Waals surface area contributed by atoms with Gasteiger partial charge in [-0.05, 0) is 68.0 Å². The van der Waals surface area contributed by atoms with E-state index in [9.17, 15) is 18.7 Å². The predicted octanol–water partition coefficient (Wildman–Crippen LogP) is 5.26. The zero-order valence-electron chi connectivity index (χ0n) is 18.8. The minimum Gasteiger partial charge on any atom is -0.478 e. The van der Waals surface area contributed by atoms with Crippen LogP contribution in [0.25, 0.3) is 0 Å². The Hall–Kier alpha value is -2.51. The molecule has 0 aromatic heterocycles. The molecule has 0 amide bonds. The molecule has 0 bridgehead atoms. The SMILES string of the molecule is CCO[C@H]1CCN(Cc2c(C)cc(C)c3c2C(F)(F)CN3)[C@H](c2ccc(C(=O)O)cc2)C1. The Morgan fingerprint density at radius 1 is 1.25 bits per heavy atom. The standard InChI is InChI=1S/C25H30F2N2O3/c1-4-32-19-9-10-29(21(12-19)17-5-7-18(8-6-17)24(30)31)13-20-15(2)11-16(3)23-22(20)25(26,27)14-28-23/h5-8,11,19,21,28H,4,9-10,12-14H2,1-3H3,(H,30,31)/t19-,21-/m0/s1. The highest BCUT2D eigenvalue weighted by molar-refractivity contribution is 5.87. The topological polar surface area (TPSA) is 61.8 Å². The number of alkyl halides is 2. The van der Waals surface area contributed by atoms with Crippen molar-refractivity contribution in [1.82, 2.24) is 4.90 Å². The first-order valence-electron chi connectivity index (χ1n) is 11.2. The van der Waals surface area contributed by atoms with Gasteiger partial charge in [0.2, 0.25) is 0 Å². The number of piperidine rings is 1. The Morgan fingerprint density at radius 2 is 1.97 bits per heavy atom. The van der Waals surface area contributed by atoms with E-state index in [2.05, 4.69) is 10.2 Å². The Labute approximate surface area is 187 Å². The van der Waals surface area contributed by atoms with Crippen molar-refractivity contribution in [2.75, 3.05) is 25.0 Å². The van der Waals surface area contributed by atoms with Crippen LogP contribution in [0.3, 0.4) is 0 Å². The molecule has 2 aromatic rings. The summed E-state index contributed by atoms with van der Waals surface area (Å²) in [4.78, 5) is 13.5. The Bertz CT molecular complexity index is 1010. The minimum absolute atomic E-state index is 0.0394. The molecular formula is C25H30F2N2O3. The predicted molar refractivity (Wildman–Crippen MR) is 120 cm³/mol. The van der Waals surface area contributed by atoms with E-state index in [0.29, 0.717) is 24.4 Å². The fraction of sp³-hybridized carbons (Fsp3) is 0.480. The number of carbonyl (C=O) groups is 1. The van der Waals surface area contributed by atoms with E-state index in [1.165, 1.54) is 0 Å². The second-order valence-electron chi connectivity index (χ2n) is 8.81. The van der Waals surface area contributed by atoms with Gasteiger partial charge in [0.05, 0.1) is 23.8 Å². The van der Waals surface area contributed by atoms with Gasteiger partial charge < -0.3 is 15.2 Å². The van der Waals surface area contributed by atoms with E-state index >= 15 is 0 Å². The van der Waals surface area contributed by atoms with Crippen LogP contribution < -0.4 is 5.32 Å². The number of nitrogens with one attached hydrogen (secondary N) is 1. The Balaban J connectivity index is 1.69. The molecule has 0 spiro atoms. The van der Waals surface area contributed by atoms with Crippen LogP contribution in [-0.4, -0.2) is 41.8 Å². The molecule has 0 saturated carbocycles. The summed E-state index contributed by atoms with van der Waals surface area (Å²) in [6, 6.07) is 8.81. The molecule has 0 unspecified atom stereocenters. The third-order valence-electron chi connectivity index (χ3n) is 6.68. The minimum atomic E-state index is -2.90. The number of benzene rings is 2. The summed E-state index contributed by atoms with van der Waals surface area (Å²) in [6.45, 7) is 7.12. The van der Waals surface area contributed by atoms with Crippen LogP contribution in [0.2, 0.25) is 0 Å². The number of halogens is 2. The molecule has 32 heavy (non-hydrogen) atoms. The monoisotopic (exact) mass is 444 g/mol. The fourth-order valence-corrected chi connectivity index (χ4v) is 5.11. The maximum atomic E-state index is 14.9. The van der Waals surface area contributed by atoms with E-state index in [1.54, 1.807) is 12.1 Å². The van der Waals surface area contributed by atoms with Gasteiger partial charge in [0, 0.05) is 31.4 Å². The molecule has 0 radical (unpaired) electrons. The van der Waals surface area contributed by atoms with Crippen LogP contribution >= 0.6 is 0 Å². The molecule has 5 nitrogen and oxygen atoms in total. The van der Waals surface area contributed by atoms with Crippen molar-refractivity contribution in [3.8, 4) is 0 Å². The number of ether oxygens (including phenoxy) is 1. The van der Waals surface area contributed by atoms with Gasteiger partial charge in [-0.2, -0.15) is 8.78 Å². The molecule has 2 aliphatic heterocycles. The lowest BCUT2D eigenvalue weighted by atomic mass is 9.89. The molecule has 4 rings (SSSR count). The number of carboxylic acids is 1. The number of rotatable bonds is 6. The van der Waals surface area contributed by atoms with Gasteiger partial charge in [-0.15, -0.1) is 0 Å². The highest BCUT2D eigenvalue weighted by atomic mass is 19.3. The molecule has 0 aliphatic carbocycles. The molecule has 2 aromatic carbocycles. The highest BCUT2D eigenvalue weighted by Gasteiger charge is 2.43. The van der Waals surface area contributed by atoms with Crippen LogP contribution in [0.1, 0.15) is 64.0 Å². The molecule has 2 aliphatic rings. The first kappa shape index (κ1) is 22.7. The number of likely N-dealkylation sites (tertiary alicyclic amines) is 1. The van der Waals surface area contributed by atoms with Crippen molar-refractivity contribution in [2.45, 2.75) is 58.2 Å². The van der Waals surface area contributed by atoms with Crippen LogP contribution in [0.4, 0.5) is 14.5 Å². The summed E-state index contributed by atoms with van der Waals surface area (Å²) in [5.41, 5.74) is 4.29. The third kappa shape index (κ3) is 4.24. The number of aromatic carboxylic acids is 1. The number of fused-ring (bicyclic) bond motifs is 1. The Kier molecular flexibility index (Phi) is 6.23. The van der Waals surface area contributed by atoms with E-state index < -0.39 is 11.9 Å². The lowest BCUT2D eigenvalue weighted by molar-refractivity contribution is -0.0154. The molecular weight excluding hydrogens is 414 g/mol. The number of aryl methyl sites for hydroxylation is 2. The van der Waals surface area contributed by atoms with Crippen LogP contribution in [-0.2, 0) is 17.2 Å². The maximum absolute atomic E-state index is 14.9. The smallest absolute Gasteiger partial charge is 0.335 e. The van der Waals surface area contributed by atoms with Gasteiger partial charge in [-0.25, -0.2) is 4.79 Å². The van der Waals surface area contributed by atoms with Crippen molar-refractivity contribution in [1.29, 1.82) is 0 Å². The van der Waals surface area contributed by atoms with Crippen molar-refractivity contribution < 1.29 is 23.4 Å².